The second-order valence-electron chi connectivity index (χ2n) is 2.57. The molecule has 2 heterocycles. The third-order valence-electron chi connectivity index (χ3n) is 1.82. The second kappa shape index (κ2) is 2.81. The van der Waals surface area contributed by atoms with E-state index in [2.05, 4.69) is 4.98 Å². The number of aromatic nitrogens is 2. The van der Waals surface area contributed by atoms with Gasteiger partial charge in [-0.15, -0.1) is 0 Å². The van der Waals surface area contributed by atoms with Crippen molar-refractivity contribution in [2.75, 3.05) is 12.8 Å². The fourth-order valence-corrected chi connectivity index (χ4v) is 1.52. The summed E-state index contributed by atoms with van der Waals surface area (Å²) in [5.41, 5.74) is 6.37. The molecule has 0 aliphatic heterocycles. The molecule has 0 fully saturated rings. The number of ether oxygens (including phenoxy) is 1. The van der Waals surface area contributed by atoms with E-state index in [1.807, 2.05) is 0 Å². The van der Waals surface area contributed by atoms with Crippen molar-refractivity contribution in [2.45, 2.75) is 0 Å². The molecule has 0 amide bonds. The number of nitrogens with two attached hydrogens (primary N) is 1. The largest absolute Gasteiger partial charge is 0.494 e. The SMILES string of the molecule is COc1ccc2ncc(N)n2c1Cl. The van der Waals surface area contributed by atoms with Crippen molar-refractivity contribution >= 4 is 23.1 Å². The number of rotatable bonds is 1. The maximum atomic E-state index is 6.01. The number of nitrogens with zero attached hydrogens (tertiary/aromatic N) is 2. The van der Waals surface area contributed by atoms with Gasteiger partial charge >= 0.3 is 0 Å². The normalized spacial score (nSPS) is 10.6. The number of nitrogen functional groups attached to an aromatic ring is 1. The summed E-state index contributed by atoms with van der Waals surface area (Å²) in [5, 5.41) is 0.440. The second-order valence-corrected chi connectivity index (χ2v) is 2.93. The van der Waals surface area contributed by atoms with Crippen LogP contribution in [0.5, 0.6) is 5.75 Å². The third kappa shape index (κ3) is 1.10. The number of pyridine rings is 1. The first-order valence-electron chi connectivity index (χ1n) is 3.69. The highest BCUT2D eigenvalue weighted by Crippen LogP contribution is 2.26. The van der Waals surface area contributed by atoms with Crippen LogP contribution in [0.15, 0.2) is 18.3 Å². The summed E-state index contributed by atoms with van der Waals surface area (Å²) in [6, 6.07) is 3.55. The van der Waals surface area contributed by atoms with Gasteiger partial charge in [-0.2, -0.15) is 0 Å². The van der Waals surface area contributed by atoms with Gasteiger partial charge in [0, 0.05) is 0 Å². The van der Waals surface area contributed by atoms with Gasteiger partial charge in [0.1, 0.15) is 11.5 Å². The van der Waals surface area contributed by atoms with E-state index < -0.39 is 0 Å². The van der Waals surface area contributed by atoms with Crippen molar-refractivity contribution in [3.05, 3.63) is 23.5 Å². The van der Waals surface area contributed by atoms with Crippen LogP contribution in [0.3, 0.4) is 0 Å². The highest BCUT2D eigenvalue weighted by Gasteiger charge is 2.08. The highest BCUT2D eigenvalue weighted by molar-refractivity contribution is 6.31. The van der Waals surface area contributed by atoms with E-state index in [4.69, 9.17) is 22.1 Å². The smallest absolute Gasteiger partial charge is 0.158 e. The van der Waals surface area contributed by atoms with E-state index >= 15 is 0 Å². The first-order chi connectivity index (χ1) is 6.24. The Kier molecular flexibility index (Phi) is 1.77. The molecule has 2 rings (SSSR count). The Labute approximate surface area is 79.9 Å². The molecule has 68 valence electrons. The van der Waals surface area contributed by atoms with E-state index in [0.717, 1.165) is 0 Å². The monoisotopic (exact) mass is 197 g/mol. The Morgan fingerprint density at radius 2 is 2.31 bits per heavy atom. The van der Waals surface area contributed by atoms with Crippen LogP contribution in [0.2, 0.25) is 5.15 Å². The molecular formula is C8H8ClN3O. The predicted molar refractivity (Wildman–Crippen MR) is 51.2 cm³/mol. The summed E-state index contributed by atoms with van der Waals surface area (Å²) in [6.07, 6.45) is 1.56. The van der Waals surface area contributed by atoms with Gasteiger partial charge in [-0.05, 0) is 12.1 Å². The lowest BCUT2D eigenvalue weighted by Crippen LogP contribution is -1.96. The zero-order valence-electron chi connectivity index (χ0n) is 6.99. The minimum atomic E-state index is 0.440. The summed E-state index contributed by atoms with van der Waals surface area (Å²) in [4.78, 5) is 4.05. The minimum Gasteiger partial charge on any atom is -0.494 e. The predicted octanol–water partition coefficient (Wildman–Crippen LogP) is 1.58. The molecule has 0 bridgehead atoms. The Morgan fingerprint density at radius 1 is 1.54 bits per heavy atom. The molecule has 2 aromatic rings. The number of hydrogen-bond donors (Lipinski definition) is 1. The van der Waals surface area contributed by atoms with E-state index in [1.165, 1.54) is 0 Å². The summed E-state index contributed by atoms with van der Waals surface area (Å²) in [5.74, 6) is 1.08. The molecule has 13 heavy (non-hydrogen) atoms. The number of methoxy groups -OCH3 is 1. The van der Waals surface area contributed by atoms with E-state index in [0.29, 0.717) is 22.4 Å². The molecule has 0 aliphatic carbocycles. The quantitative estimate of drug-likeness (QED) is 0.707. The molecule has 0 radical (unpaired) electrons. The molecule has 0 spiro atoms. The molecule has 0 atom stereocenters. The van der Waals surface area contributed by atoms with Gasteiger partial charge in [0.25, 0.3) is 0 Å². The molecule has 2 N–H and O–H groups in total. The van der Waals surface area contributed by atoms with Crippen molar-refractivity contribution in [1.29, 1.82) is 0 Å². The maximum Gasteiger partial charge on any atom is 0.158 e. The van der Waals surface area contributed by atoms with Gasteiger partial charge in [-0.3, -0.25) is 4.40 Å². The van der Waals surface area contributed by atoms with Crippen molar-refractivity contribution in [2.24, 2.45) is 0 Å². The number of halogens is 1. The molecule has 0 aromatic carbocycles. The van der Waals surface area contributed by atoms with Gasteiger partial charge in [0.05, 0.1) is 13.3 Å². The summed E-state index contributed by atoms with van der Waals surface area (Å²) in [7, 11) is 1.56. The molecule has 0 aliphatic rings. The standard InChI is InChI=1S/C8H8ClN3O/c1-13-5-2-3-7-11-4-6(10)12(7)8(5)9/h2-4H,10H2,1H3. The van der Waals surface area contributed by atoms with Gasteiger partial charge in [0.15, 0.2) is 10.9 Å². The third-order valence-corrected chi connectivity index (χ3v) is 2.18. The van der Waals surface area contributed by atoms with Crippen LogP contribution in [0.25, 0.3) is 5.65 Å². The topological polar surface area (TPSA) is 52.5 Å². The fourth-order valence-electron chi connectivity index (χ4n) is 1.19. The van der Waals surface area contributed by atoms with Gasteiger partial charge < -0.3 is 10.5 Å². The van der Waals surface area contributed by atoms with Crippen molar-refractivity contribution in [1.82, 2.24) is 9.38 Å². The number of anilines is 1. The molecule has 0 saturated carbocycles. The van der Waals surface area contributed by atoms with Crippen molar-refractivity contribution < 1.29 is 4.74 Å². The summed E-state index contributed by atoms with van der Waals surface area (Å²) < 4.78 is 6.67. The average Bonchev–Trinajstić information content (AvgIpc) is 2.49. The molecule has 0 saturated heterocycles. The average molecular weight is 198 g/mol. The van der Waals surface area contributed by atoms with Crippen LogP contribution in [0.4, 0.5) is 5.82 Å². The fraction of sp³-hybridized carbons (Fsp3) is 0.125. The molecule has 0 unspecified atom stereocenters. The van der Waals surface area contributed by atoms with Crippen molar-refractivity contribution in [3.8, 4) is 5.75 Å². The number of imidazole rings is 1. The first kappa shape index (κ1) is 8.19. The number of fused-ring (bicyclic) bond motifs is 1. The van der Waals surface area contributed by atoms with Crippen molar-refractivity contribution in [3.63, 3.8) is 0 Å². The molecule has 5 heteroatoms. The van der Waals surface area contributed by atoms with E-state index in [-0.39, 0.29) is 0 Å². The summed E-state index contributed by atoms with van der Waals surface area (Å²) >= 11 is 6.01. The van der Waals surface area contributed by atoms with Crippen LogP contribution < -0.4 is 10.5 Å². The maximum absolute atomic E-state index is 6.01. The Morgan fingerprint density at radius 3 is 3.00 bits per heavy atom. The van der Waals surface area contributed by atoms with Gasteiger partial charge in [0.2, 0.25) is 0 Å². The van der Waals surface area contributed by atoms with E-state index in [1.54, 1.807) is 29.8 Å². The van der Waals surface area contributed by atoms with Crippen LogP contribution in [-0.2, 0) is 0 Å². The lowest BCUT2D eigenvalue weighted by Gasteiger charge is -2.05. The van der Waals surface area contributed by atoms with Crippen LogP contribution in [-0.4, -0.2) is 16.5 Å². The summed E-state index contributed by atoms with van der Waals surface area (Å²) in [6.45, 7) is 0. The van der Waals surface area contributed by atoms with Gasteiger partial charge in [-0.1, -0.05) is 11.6 Å². The Hall–Kier alpha value is -1.42. The highest BCUT2D eigenvalue weighted by atomic mass is 35.5. The zero-order chi connectivity index (χ0) is 9.42. The lowest BCUT2D eigenvalue weighted by molar-refractivity contribution is 0.413. The molecular weight excluding hydrogens is 190 g/mol. The molecule has 2 aromatic heterocycles. The van der Waals surface area contributed by atoms with Crippen LogP contribution in [0, 0.1) is 0 Å². The number of hydrogen-bond acceptors (Lipinski definition) is 3. The van der Waals surface area contributed by atoms with E-state index in [9.17, 15) is 0 Å². The van der Waals surface area contributed by atoms with Crippen LogP contribution in [0.1, 0.15) is 0 Å². The Bertz CT molecular complexity index is 452. The lowest BCUT2D eigenvalue weighted by atomic mass is 10.4. The minimum absolute atomic E-state index is 0.440. The first-order valence-corrected chi connectivity index (χ1v) is 4.07. The molecule has 4 nitrogen and oxygen atoms in total. The zero-order valence-corrected chi connectivity index (χ0v) is 7.75. The van der Waals surface area contributed by atoms with Crippen LogP contribution >= 0.6 is 11.6 Å². The van der Waals surface area contributed by atoms with Gasteiger partial charge in [-0.25, -0.2) is 4.98 Å². The Balaban J connectivity index is 2.83.